The number of carbonyl (C=O) groups excluding carboxylic acids is 2. The molecule has 17 heavy (non-hydrogen) atoms. The second-order valence-electron chi connectivity index (χ2n) is 5.56. The van der Waals surface area contributed by atoms with Gasteiger partial charge in [-0.05, 0) is 18.3 Å². The first kappa shape index (κ1) is 14.0. The topological polar surface area (TPSA) is 72.6 Å². The molecule has 98 valence electrons. The van der Waals surface area contributed by atoms with Crippen molar-refractivity contribution in [2.24, 2.45) is 11.1 Å². The highest BCUT2D eigenvalue weighted by Gasteiger charge is 2.39. The summed E-state index contributed by atoms with van der Waals surface area (Å²) >= 11 is 0. The van der Waals surface area contributed by atoms with E-state index < -0.39 is 12.1 Å². The number of methoxy groups -OCH3 is 1. The summed E-state index contributed by atoms with van der Waals surface area (Å²) in [7, 11) is 1.34. The molecule has 1 rings (SSSR count). The van der Waals surface area contributed by atoms with Gasteiger partial charge < -0.3 is 15.4 Å². The van der Waals surface area contributed by atoms with Gasteiger partial charge in [0.15, 0.2) is 0 Å². The average Bonchev–Trinajstić information content (AvgIpc) is 2.73. The normalized spacial score (nSPS) is 22.4. The number of hydrogen-bond donors (Lipinski definition) is 1. The van der Waals surface area contributed by atoms with Crippen molar-refractivity contribution >= 4 is 11.9 Å². The standard InChI is InChI=1S/C12H22N2O3/c1-12(2,3)9(13)10(15)14-7-5-6-8(14)11(16)17-4/h8-9H,5-7,13H2,1-4H3. The summed E-state index contributed by atoms with van der Waals surface area (Å²) < 4.78 is 4.71. The van der Waals surface area contributed by atoms with Crippen LogP contribution in [0.1, 0.15) is 33.6 Å². The third kappa shape index (κ3) is 2.97. The molecule has 5 heteroatoms. The summed E-state index contributed by atoms with van der Waals surface area (Å²) in [5.41, 5.74) is 5.63. The zero-order chi connectivity index (χ0) is 13.2. The molecule has 1 fully saturated rings. The second-order valence-corrected chi connectivity index (χ2v) is 5.56. The minimum absolute atomic E-state index is 0.162. The van der Waals surface area contributed by atoms with Crippen molar-refractivity contribution in [1.82, 2.24) is 4.90 Å². The molecule has 2 atom stereocenters. The molecular formula is C12H22N2O3. The van der Waals surface area contributed by atoms with Gasteiger partial charge in [-0.2, -0.15) is 0 Å². The van der Waals surface area contributed by atoms with E-state index >= 15 is 0 Å². The Labute approximate surface area is 102 Å². The van der Waals surface area contributed by atoms with Crippen LogP contribution < -0.4 is 5.73 Å². The number of likely N-dealkylation sites (tertiary alicyclic amines) is 1. The molecule has 0 saturated carbocycles. The van der Waals surface area contributed by atoms with Crippen molar-refractivity contribution in [3.63, 3.8) is 0 Å². The zero-order valence-electron chi connectivity index (χ0n) is 11.0. The Morgan fingerprint density at radius 2 is 2.00 bits per heavy atom. The van der Waals surface area contributed by atoms with Crippen molar-refractivity contribution in [1.29, 1.82) is 0 Å². The molecular weight excluding hydrogens is 220 g/mol. The van der Waals surface area contributed by atoms with Crippen molar-refractivity contribution in [2.45, 2.75) is 45.7 Å². The highest BCUT2D eigenvalue weighted by Crippen LogP contribution is 2.24. The number of carbonyl (C=O) groups is 2. The predicted octanol–water partition coefficient (Wildman–Crippen LogP) is 0.524. The second kappa shape index (κ2) is 5.04. The van der Waals surface area contributed by atoms with Crippen molar-refractivity contribution in [2.75, 3.05) is 13.7 Å². The van der Waals surface area contributed by atoms with E-state index in [2.05, 4.69) is 0 Å². The zero-order valence-corrected chi connectivity index (χ0v) is 11.0. The van der Waals surface area contributed by atoms with Crippen LogP contribution in [0.3, 0.4) is 0 Å². The highest BCUT2D eigenvalue weighted by atomic mass is 16.5. The lowest BCUT2D eigenvalue weighted by Gasteiger charge is -2.32. The van der Waals surface area contributed by atoms with Gasteiger partial charge in [0.25, 0.3) is 0 Å². The summed E-state index contributed by atoms with van der Waals surface area (Å²) in [5.74, 6) is -0.512. The SMILES string of the molecule is COC(=O)C1CCCN1C(=O)C(N)C(C)(C)C. The maximum atomic E-state index is 12.2. The van der Waals surface area contributed by atoms with E-state index in [4.69, 9.17) is 10.5 Å². The lowest BCUT2D eigenvalue weighted by molar-refractivity contribution is -0.152. The Kier molecular flexibility index (Phi) is 4.14. The largest absolute Gasteiger partial charge is 0.467 e. The average molecular weight is 242 g/mol. The maximum Gasteiger partial charge on any atom is 0.328 e. The van der Waals surface area contributed by atoms with Crippen LogP contribution in [0.15, 0.2) is 0 Å². The quantitative estimate of drug-likeness (QED) is 0.717. The Morgan fingerprint density at radius 1 is 1.41 bits per heavy atom. The minimum atomic E-state index is -0.590. The summed E-state index contributed by atoms with van der Waals surface area (Å²) in [4.78, 5) is 25.3. The van der Waals surface area contributed by atoms with Gasteiger partial charge in [0.05, 0.1) is 13.2 Å². The van der Waals surface area contributed by atoms with Gasteiger partial charge in [0, 0.05) is 6.54 Å². The fourth-order valence-corrected chi connectivity index (χ4v) is 1.96. The van der Waals surface area contributed by atoms with Gasteiger partial charge in [-0.1, -0.05) is 20.8 Å². The van der Waals surface area contributed by atoms with Crippen LogP contribution in [0.2, 0.25) is 0 Å². The number of ether oxygens (including phenoxy) is 1. The third-order valence-electron chi connectivity index (χ3n) is 3.21. The van der Waals surface area contributed by atoms with Crippen LogP contribution >= 0.6 is 0 Å². The highest BCUT2D eigenvalue weighted by molar-refractivity contribution is 5.88. The molecule has 0 aliphatic carbocycles. The molecule has 2 N–H and O–H groups in total. The van der Waals surface area contributed by atoms with Crippen LogP contribution in [-0.4, -0.2) is 42.5 Å². The lowest BCUT2D eigenvalue weighted by atomic mass is 9.86. The van der Waals surface area contributed by atoms with Crippen molar-refractivity contribution < 1.29 is 14.3 Å². The number of amides is 1. The first-order chi connectivity index (χ1) is 7.79. The molecule has 5 nitrogen and oxygen atoms in total. The monoisotopic (exact) mass is 242 g/mol. The molecule has 1 saturated heterocycles. The molecule has 0 aromatic rings. The smallest absolute Gasteiger partial charge is 0.328 e. The van der Waals surface area contributed by atoms with Gasteiger partial charge in [-0.25, -0.2) is 4.79 Å². The number of esters is 1. The number of hydrogen-bond acceptors (Lipinski definition) is 4. The van der Waals surface area contributed by atoms with E-state index in [9.17, 15) is 9.59 Å². The summed E-state index contributed by atoms with van der Waals surface area (Å²) in [6.07, 6.45) is 1.48. The molecule has 0 aromatic heterocycles. The van der Waals surface area contributed by atoms with Gasteiger partial charge >= 0.3 is 5.97 Å². The fourth-order valence-electron chi connectivity index (χ4n) is 1.96. The molecule has 2 unspecified atom stereocenters. The summed E-state index contributed by atoms with van der Waals surface area (Å²) in [6, 6.07) is -1.05. The van der Waals surface area contributed by atoms with Crippen LogP contribution in [0.25, 0.3) is 0 Å². The predicted molar refractivity (Wildman–Crippen MR) is 64.2 cm³/mol. The molecule has 0 bridgehead atoms. The van der Waals surface area contributed by atoms with E-state index in [1.165, 1.54) is 7.11 Å². The molecule has 1 aliphatic heterocycles. The Hall–Kier alpha value is -1.10. The fraction of sp³-hybridized carbons (Fsp3) is 0.833. The van der Waals surface area contributed by atoms with E-state index in [-0.39, 0.29) is 17.3 Å². The number of nitrogens with two attached hydrogens (primary N) is 1. The molecule has 0 radical (unpaired) electrons. The van der Waals surface area contributed by atoms with E-state index in [1.54, 1.807) is 4.90 Å². The third-order valence-corrected chi connectivity index (χ3v) is 3.21. The van der Waals surface area contributed by atoms with Crippen molar-refractivity contribution in [3.8, 4) is 0 Å². The maximum absolute atomic E-state index is 12.2. The Morgan fingerprint density at radius 3 is 2.47 bits per heavy atom. The first-order valence-electron chi connectivity index (χ1n) is 5.93. The van der Waals surface area contributed by atoms with E-state index in [1.807, 2.05) is 20.8 Å². The van der Waals surface area contributed by atoms with Crippen molar-refractivity contribution in [3.05, 3.63) is 0 Å². The number of rotatable bonds is 2. The van der Waals surface area contributed by atoms with Gasteiger partial charge in [0.1, 0.15) is 6.04 Å². The molecule has 1 aliphatic rings. The molecule has 1 amide bonds. The van der Waals surface area contributed by atoms with Gasteiger partial charge in [-0.15, -0.1) is 0 Å². The molecule has 1 heterocycles. The minimum Gasteiger partial charge on any atom is -0.467 e. The van der Waals surface area contributed by atoms with Crippen LogP contribution in [0.4, 0.5) is 0 Å². The Balaban J connectivity index is 2.78. The molecule has 0 aromatic carbocycles. The van der Waals surface area contributed by atoms with Gasteiger partial charge in [0.2, 0.25) is 5.91 Å². The number of nitrogens with zero attached hydrogens (tertiary/aromatic N) is 1. The van der Waals surface area contributed by atoms with E-state index in [0.717, 1.165) is 6.42 Å². The Bertz CT molecular complexity index is 309. The van der Waals surface area contributed by atoms with Gasteiger partial charge in [-0.3, -0.25) is 4.79 Å². The summed E-state index contributed by atoms with van der Waals surface area (Å²) in [5, 5.41) is 0. The van der Waals surface area contributed by atoms with Crippen LogP contribution in [-0.2, 0) is 14.3 Å². The van der Waals surface area contributed by atoms with Crippen LogP contribution in [0, 0.1) is 5.41 Å². The first-order valence-corrected chi connectivity index (χ1v) is 5.93. The van der Waals surface area contributed by atoms with Crippen LogP contribution in [0.5, 0.6) is 0 Å². The summed E-state index contributed by atoms with van der Waals surface area (Å²) in [6.45, 7) is 6.33. The van der Waals surface area contributed by atoms with E-state index in [0.29, 0.717) is 13.0 Å². The lowest BCUT2D eigenvalue weighted by Crippen LogP contribution is -2.53. The molecule has 0 spiro atoms.